The first-order chi connectivity index (χ1) is 7.80. The van der Waals surface area contributed by atoms with Gasteiger partial charge in [-0.25, -0.2) is 13.6 Å². The van der Waals surface area contributed by atoms with Crippen molar-refractivity contribution in [3.63, 3.8) is 0 Å². The van der Waals surface area contributed by atoms with Gasteiger partial charge in [-0.3, -0.25) is 0 Å². The van der Waals surface area contributed by atoms with Gasteiger partial charge in [0.2, 0.25) is 0 Å². The van der Waals surface area contributed by atoms with Crippen LogP contribution in [0.15, 0.2) is 18.2 Å². The Labute approximate surface area is 99.0 Å². The predicted molar refractivity (Wildman–Crippen MR) is 60.9 cm³/mol. The quantitative estimate of drug-likeness (QED) is 0.763. The fraction of sp³-hybridized carbons (Fsp3) is 0.417. The number of likely N-dealkylation sites (N-methyl/N-ethyl adjacent to an activating group) is 1. The topological polar surface area (TPSA) is 29.5 Å². The molecular weight excluding hydrogens is 228 g/mol. The number of hydrogen-bond acceptors (Lipinski definition) is 3. The van der Waals surface area contributed by atoms with Gasteiger partial charge in [0.05, 0.1) is 12.8 Å². The van der Waals surface area contributed by atoms with Crippen molar-refractivity contribution in [1.29, 1.82) is 0 Å². The predicted octanol–water partition coefficient (Wildman–Crippen LogP) is 2.35. The second kappa shape index (κ2) is 4.69. The van der Waals surface area contributed by atoms with E-state index < -0.39 is 23.1 Å². The standard InChI is InChI=1S/C12H15F2NO2/c1-12(2,11(16)17-4)15(3)10-7-8(13)5-6-9(10)14/h5-7H,1-4H3. The highest BCUT2D eigenvalue weighted by Crippen LogP contribution is 2.26. The summed E-state index contributed by atoms with van der Waals surface area (Å²) in [5.41, 5.74) is -1.07. The van der Waals surface area contributed by atoms with Gasteiger partial charge in [0.15, 0.2) is 0 Å². The van der Waals surface area contributed by atoms with Crippen LogP contribution in [0.5, 0.6) is 0 Å². The maximum atomic E-state index is 13.6. The van der Waals surface area contributed by atoms with Crippen molar-refractivity contribution < 1.29 is 18.3 Å². The van der Waals surface area contributed by atoms with Crippen molar-refractivity contribution in [2.45, 2.75) is 19.4 Å². The van der Waals surface area contributed by atoms with Crippen molar-refractivity contribution in [2.24, 2.45) is 0 Å². The van der Waals surface area contributed by atoms with E-state index in [1.54, 1.807) is 13.8 Å². The summed E-state index contributed by atoms with van der Waals surface area (Å²) in [6.07, 6.45) is 0. The Morgan fingerprint density at radius 2 is 1.94 bits per heavy atom. The average Bonchev–Trinajstić information content (AvgIpc) is 2.30. The molecule has 0 atom stereocenters. The van der Waals surface area contributed by atoms with Crippen LogP contribution in [0.3, 0.4) is 0 Å². The van der Waals surface area contributed by atoms with Crippen LogP contribution in [0.1, 0.15) is 13.8 Å². The van der Waals surface area contributed by atoms with Crippen molar-refractivity contribution in [2.75, 3.05) is 19.1 Å². The number of methoxy groups -OCH3 is 1. The highest BCUT2D eigenvalue weighted by molar-refractivity contribution is 5.84. The Balaban J connectivity index is 3.15. The number of nitrogens with zero attached hydrogens (tertiary/aromatic N) is 1. The SMILES string of the molecule is COC(=O)C(C)(C)N(C)c1cc(F)ccc1F. The van der Waals surface area contributed by atoms with Crippen LogP contribution in [0.2, 0.25) is 0 Å². The smallest absolute Gasteiger partial charge is 0.331 e. The largest absolute Gasteiger partial charge is 0.467 e. The molecule has 0 aliphatic heterocycles. The number of hydrogen-bond donors (Lipinski definition) is 0. The number of carbonyl (C=O) groups excluding carboxylic acids is 1. The zero-order valence-corrected chi connectivity index (χ0v) is 10.3. The molecule has 0 saturated heterocycles. The molecule has 1 aromatic rings. The van der Waals surface area contributed by atoms with Gasteiger partial charge in [0, 0.05) is 13.1 Å². The summed E-state index contributed by atoms with van der Waals surface area (Å²) in [5.74, 6) is -1.68. The van der Waals surface area contributed by atoms with Gasteiger partial charge in [-0.2, -0.15) is 0 Å². The van der Waals surface area contributed by atoms with Gasteiger partial charge < -0.3 is 9.64 Å². The molecule has 0 aliphatic rings. The third-order valence-electron chi connectivity index (χ3n) is 2.79. The number of benzene rings is 1. The summed E-state index contributed by atoms with van der Waals surface area (Å²) in [7, 11) is 2.76. The van der Waals surface area contributed by atoms with Crippen LogP contribution < -0.4 is 4.90 Å². The maximum absolute atomic E-state index is 13.6. The second-order valence-electron chi connectivity index (χ2n) is 4.21. The molecule has 0 aromatic heterocycles. The summed E-state index contributed by atoms with van der Waals surface area (Å²) in [5, 5.41) is 0. The molecule has 3 nitrogen and oxygen atoms in total. The lowest BCUT2D eigenvalue weighted by Gasteiger charge is -2.34. The minimum atomic E-state index is -1.08. The minimum Gasteiger partial charge on any atom is -0.467 e. The van der Waals surface area contributed by atoms with Crippen LogP contribution in [-0.4, -0.2) is 25.7 Å². The summed E-state index contributed by atoms with van der Waals surface area (Å²) < 4.78 is 31.3. The molecule has 0 spiro atoms. The third-order valence-corrected chi connectivity index (χ3v) is 2.79. The van der Waals surface area contributed by atoms with Crippen LogP contribution >= 0.6 is 0 Å². The van der Waals surface area contributed by atoms with Crippen LogP contribution in [0.25, 0.3) is 0 Å². The van der Waals surface area contributed by atoms with E-state index in [4.69, 9.17) is 0 Å². The maximum Gasteiger partial charge on any atom is 0.331 e. The zero-order chi connectivity index (χ0) is 13.2. The van der Waals surface area contributed by atoms with Gasteiger partial charge in [0.1, 0.15) is 17.2 Å². The number of halogens is 2. The molecule has 17 heavy (non-hydrogen) atoms. The normalized spacial score (nSPS) is 11.2. The fourth-order valence-corrected chi connectivity index (χ4v) is 1.43. The Hall–Kier alpha value is -1.65. The highest BCUT2D eigenvalue weighted by Gasteiger charge is 2.34. The van der Waals surface area contributed by atoms with Crippen LogP contribution in [-0.2, 0) is 9.53 Å². The van der Waals surface area contributed by atoms with Crippen LogP contribution in [0, 0.1) is 11.6 Å². The monoisotopic (exact) mass is 243 g/mol. The van der Waals surface area contributed by atoms with Gasteiger partial charge in [-0.05, 0) is 26.0 Å². The van der Waals surface area contributed by atoms with Gasteiger partial charge in [-0.15, -0.1) is 0 Å². The molecular formula is C12H15F2NO2. The van der Waals surface area contributed by atoms with E-state index in [0.29, 0.717) is 0 Å². The van der Waals surface area contributed by atoms with E-state index in [9.17, 15) is 13.6 Å². The summed E-state index contributed by atoms with van der Waals surface area (Å²) >= 11 is 0. The van der Waals surface area contributed by atoms with Gasteiger partial charge in [-0.1, -0.05) is 0 Å². The van der Waals surface area contributed by atoms with E-state index in [-0.39, 0.29) is 5.69 Å². The number of carbonyl (C=O) groups is 1. The average molecular weight is 243 g/mol. The molecule has 1 aromatic carbocycles. The van der Waals surface area contributed by atoms with Gasteiger partial charge >= 0.3 is 5.97 Å². The molecule has 0 saturated carbocycles. The molecule has 0 amide bonds. The van der Waals surface area contributed by atoms with Crippen molar-refractivity contribution >= 4 is 11.7 Å². The molecule has 0 bridgehead atoms. The van der Waals surface area contributed by atoms with E-state index in [1.807, 2.05) is 0 Å². The van der Waals surface area contributed by atoms with Crippen LogP contribution in [0.4, 0.5) is 14.5 Å². The minimum absolute atomic E-state index is 0.0143. The van der Waals surface area contributed by atoms with E-state index in [1.165, 1.54) is 19.1 Å². The first kappa shape index (κ1) is 13.4. The lowest BCUT2D eigenvalue weighted by atomic mass is 10.0. The Bertz CT molecular complexity index is 433. The van der Waals surface area contributed by atoms with E-state index >= 15 is 0 Å². The Morgan fingerprint density at radius 1 is 1.35 bits per heavy atom. The molecule has 5 heteroatoms. The first-order valence-corrected chi connectivity index (χ1v) is 5.08. The molecule has 0 aliphatic carbocycles. The molecule has 0 radical (unpaired) electrons. The van der Waals surface area contributed by atoms with E-state index in [2.05, 4.69) is 4.74 Å². The Morgan fingerprint density at radius 3 is 2.47 bits per heavy atom. The lowest BCUT2D eigenvalue weighted by molar-refractivity contribution is -0.145. The number of esters is 1. The molecule has 0 unspecified atom stereocenters. The lowest BCUT2D eigenvalue weighted by Crippen LogP contribution is -2.49. The summed E-state index contributed by atoms with van der Waals surface area (Å²) in [6, 6.07) is 3.09. The zero-order valence-electron chi connectivity index (χ0n) is 10.3. The number of anilines is 1. The first-order valence-electron chi connectivity index (χ1n) is 5.08. The van der Waals surface area contributed by atoms with E-state index in [0.717, 1.165) is 18.2 Å². The molecule has 1 rings (SSSR count). The summed E-state index contributed by atoms with van der Waals surface area (Å²) in [6.45, 7) is 3.15. The van der Waals surface area contributed by atoms with Crippen molar-refractivity contribution in [1.82, 2.24) is 0 Å². The molecule has 0 N–H and O–H groups in total. The van der Waals surface area contributed by atoms with Crippen molar-refractivity contribution in [3.8, 4) is 0 Å². The van der Waals surface area contributed by atoms with Gasteiger partial charge in [0.25, 0.3) is 0 Å². The molecule has 0 heterocycles. The number of rotatable bonds is 3. The van der Waals surface area contributed by atoms with Crippen molar-refractivity contribution in [3.05, 3.63) is 29.8 Å². The molecule has 94 valence electrons. The summed E-state index contributed by atoms with van der Waals surface area (Å²) in [4.78, 5) is 12.9. The Kier molecular flexibility index (Phi) is 3.70. The highest BCUT2D eigenvalue weighted by atomic mass is 19.1. The third kappa shape index (κ3) is 2.54. The molecule has 0 fully saturated rings. The number of ether oxygens (including phenoxy) is 1. The second-order valence-corrected chi connectivity index (χ2v) is 4.21. The fourth-order valence-electron chi connectivity index (χ4n) is 1.43.